The monoisotopic (exact) mass is 513 g/mol. The Morgan fingerprint density at radius 3 is 2.76 bits per heavy atom. The lowest BCUT2D eigenvalue weighted by atomic mass is 9.65. The molecule has 2 amide bonds. The minimum absolute atomic E-state index is 0.00519. The number of likely N-dealkylation sites (tertiary alicyclic amines) is 1. The fourth-order valence-electron chi connectivity index (χ4n) is 5.73. The summed E-state index contributed by atoms with van der Waals surface area (Å²) in [5, 5.41) is 3.06. The van der Waals surface area contributed by atoms with Crippen LogP contribution in [-0.4, -0.2) is 43.9 Å². The summed E-state index contributed by atoms with van der Waals surface area (Å²) >= 11 is 1.38. The maximum atomic E-state index is 13.3. The number of amides is 2. The molecule has 0 unspecified atom stereocenters. The number of aromatic nitrogens is 3. The van der Waals surface area contributed by atoms with Crippen molar-refractivity contribution in [3.63, 3.8) is 0 Å². The predicted molar refractivity (Wildman–Crippen MR) is 145 cm³/mol. The summed E-state index contributed by atoms with van der Waals surface area (Å²) in [4.78, 5) is 45.2. The lowest BCUT2D eigenvalue weighted by Gasteiger charge is -2.46. The van der Waals surface area contributed by atoms with Gasteiger partial charge in [0.05, 0.1) is 15.9 Å². The molecular formula is C28H27N5O3S. The highest BCUT2D eigenvalue weighted by atomic mass is 32.1. The molecule has 1 aliphatic carbocycles. The van der Waals surface area contributed by atoms with E-state index < -0.39 is 0 Å². The Morgan fingerprint density at radius 1 is 1.16 bits per heavy atom. The quantitative estimate of drug-likeness (QED) is 0.399. The highest BCUT2D eigenvalue weighted by Crippen LogP contribution is 2.55. The number of carbonyl (C=O) groups excluding carboxylic acids is 2. The van der Waals surface area contributed by atoms with Crippen molar-refractivity contribution in [2.75, 3.05) is 18.4 Å². The third kappa shape index (κ3) is 4.09. The summed E-state index contributed by atoms with van der Waals surface area (Å²) in [6.45, 7) is 5.14. The zero-order valence-corrected chi connectivity index (χ0v) is 21.3. The van der Waals surface area contributed by atoms with Crippen LogP contribution in [0.5, 0.6) is 0 Å². The van der Waals surface area contributed by atoms with Gasteiger partial charge in [-0.15, -0.1) is 11.3 Å². The van der Waals surface area contributed by atoms with Crippen LogP contribution in [0.15, 0.2) is 72.2 Å². The predicted octanol–water partition coefficient (Wildman–Crippen LogP) is 4.46. The van der Waals surface area contributed by atoms with E-state index in [2.05, 4.69) is 16.5 Å². The SMILES string of the molecule is C=CC(=O)N1CCC2(CC(n3c(NC(=O)c4ccc(-c5ccc(=O)n(C)c5)s4)nc4ccccc43)C2)C1. The van der Waals surface area contributed by atoms with Crippen molar-refractivity contribution in [3.8, 4) is 10.4 Å². The molecule has 1 aromatic carbocycles. The number of hydrogen-bond acceptors (Lipinski definition) is 5. The largest absolute Gasteiger partial charge is 0.339 e. The second-order valence-electron chi connectivity index (χ2n) is 10.1. The Kier molecular flexibility index (Phi) is 5.60. The van der Waals surface area contributed by atoms with Gasteiger partial charge in [-0.05, 0) is 61.1 Å². The molecule has 37 heavy (non-hydrogen) atoms. The van der Waals surface area contributed by atoms with Crippen LogP contribution in [-0.2, 0) is 11.8 Å². The molecule has 4 aromatic rings. The molecule has 1 saturated carbocycles. The molecule has 188 valence electrons. The van der Waals surface area contributed by atoms with Crippen LogP contribution in [0.4, 0.5) is 5.95 Å². The standard InChI is InChI=1S/C28H27N5O3S/c1-3-24(34)32-13-12-28(17-32)14-19(15-28)33-21-7-5-4-6-20(21)29-27(33)30-26(36)23-10-9-22(37-23)18-8-11-25(35)31(2)16-18/h3-11,16,19H,1,12-15,17H2,2H3,(H,29,30,36). The Labute approximate surface area is 217 Å². The van der Waals surface area contributed by atoms with Gasteiger partial charge < -0.3 is 14.0 Å². The molecule has 0 radical (unpaired) electrons. The Balaban J connectivity index is 1.24. The molecule has 1 spiro atoms. The van der Waals surface area contributed by atoms with E-state index in [1.807, 2.05) is 35.2 Å². The summed E-state index contributed by atoms with van der Waals surface area (Å²) in [7, 11) is 1.71. The number of pyridine rings is 1. The Bertz CT molecular complexity index is 1610. The van der Waals surface area contributed by atoms with E-state index >= 15 is 0 Å². The van der Waals surface area contributed by atoms with Gasteiger partial charge >= 0.3 is 0 Å². The molecule has 3 aromatic heterocycles. The summed E-state index contributed by atoms with van der Waals surface area (Å²) in [6, 6.07) is 15.1. The van der Waals surface area contributed by atoms with Crippen LogP contribution < -0.4 is 10.9 Å². The lowest BCUT2D eigenvalue weighted by molar-refractivity contribution is -0.125. The molecule has 1 aliphatic heterocycles. The van der Waals surface area contributed by atoms with E-state index in [4.69, 9.17) is 4.98 Å². The van der Waals surface area contributed by atoms with E-state index in [0.29, 0.717) is 10.8 Å². The molecular weight excluding hydrogens is 486 g/mol. The molecule has 4 heterocycles. The van der Waals surface area contributed by atoms with Crippen LogP contribution >= 0.6 is 11.3 Å². The minimum atomic E-state index is -0.213. The zero-order chi connectivity index (χ0) is 25.7. The summed E-state index contributed by atoms with van der Waals surface area (Å²) in [6.07, 6.45) is 6.02. The van der Waals surface area contributed by atoms with Crippen LogP contribution in [0.25, 0.3) is 21.5 Å². The number of nitrogens with zero attached hydrogens (tertiary/aromatic N) is 4. The number of thiophene rings is 1. The van der Waals surface area contributed by atoms with Crippen LogP contribution in [0.2, 0.25) is 0 Å². The zero-order valence-electron chi connectivity index (χ0n) is 20.5. The molecule has 1 saturated heterocycles. The number of carbonyl (C=O) groups is 2. The van der Waals surface area contributed by atoms with Crippen LogP contribution in [0.3, 0.4) is 0 Å². The highest BCUT2D eigenvalue weighted by molar-refractivity contribution is 7.17. The maximum Gasteiger partial charge on any atom is 0.268 e. The number of para-hydroxylation sites is 2. The van der Waals surface area contributed by atoms with Crippen molar-refractivity contribution in [1.29, 1.82) is 0 Å². The number of aryl methyl sites for hydroxylation is 1. The van der Waals surface area contributed by atoms with Gasteiger partial charge in [0.25, 0.3) is 5.91 Å². The van der Waals surface area contributed by atoms with Crippen molar-refractivity contribution >= 4 is 40.1 Å². The molecule has 8 nitrogen and oxygen atoms in total. The first-order chi connectivity index (χ1) is 17.9. The number of imidazole rings is 1. The molecule has 2 aliphatic rings. The van der Waals surface area contributed by atoms with Gasteiger partial charge in [-0.2, -0.15) is 0 Å². The highest BCUT2D eigenvalue weighted by Gasteiger charge is 2.50. The number of fused-ring (bicyclic) bond motifs is 1. The molecule has 0 atom stereocenters. The number of nitrogens with one attached hydrogen (secondary N) is 1. The van der Waals surface area contributed by atoms with Crippen molar-refractivity contribution in [2.24, 2.45) is 12.5 Å². The maximum absolute atomic E-state index is 13.3. The van der Waals surface area contributed by atoms with Gasteiger partial charge in [-0.3, -0.25) is 19.7 Å². The number of rotatable bonds is 5. The Hall–Kier alpha value is -3.98. The number of hydrogen-bond donors (Lipinski definition) is 1. The fourth-order valence-corrected chi connectivity index (χ4v) is 6.62. The van der Waals surface area contributed by atoms with Gasteiger partial charge in [-0.1, -0.05) is 18.7 Å². The normalized spacial score (nSPS) is 20.8. The van der Waals surface area contributed by atoms with Gasteiger partial charge in [0, 0.05) is 48.9 Å². The molecule has 6 rings (SSSR count). The molecule has 2 fully saturated rings. The van der Waals surface area contributed by atoms with Gasteiger partial charge in [0.2, 0.25) is 17.4 Å². The van der Waals surface area contributed by atoms with Gasteiger partial charge in [0.15, 0.2) is 0 Å². The summed E-state index contributed by atoms with van der Waals surface area (Å²) < 4.78 is 3.68. The number of anilines is 1. The average Bonchev–Trinajstić information content (AvgIpc) is 3.61. The third-order valence-electron chi connectivity index (χ3n) is 7.65. The van der Waals surface area contributed by atoms with Crippen molar-refractivity contribution < 1.29 is 9.59 Å². The van der Waals surface area contributed by atoms with E-state index in [1.54, 1.807) is 25.4 Å². The number of benzene rings is 1. The molecule has 0 bridgehead atoms. The lowest BCUT2D eigenvalue weighted by Crippen LogP contribution is -2.42. The summed E-state index contributed by atoms with van der Waals surface area (Å²) in [5.41, 5.74) is 2.76. The fraction of sp³-hybridized carbons (Fsp3) is 0.286. The second kappa shape index (κ2) is 8.85. The summed E-state index contributed by atoms with van der Waals surface area (Å²) in [5.74, 6) is 0.324. The first-order valence-electron chi connectivity index (χ1n) is 12.3. The van der Waals surface area contributed by atoms with E-state index in [9.17, 15) is 14.4 Å². The molecule has 9 heteroatoms. The molecule has 1 N–H and O–H groups in total. The van der Waals surface area contributed by atoms with E-state index in [1.165, 1.54) is 28.0 Å². The first kappa shape index (κ1) is 23.4. The van der Waals surface area contributed by atoms with E-state index in [-0.39, 0.29) is 28.8 Å². The first-order valence-corrected chi connectivity index (χ1v) is 13.1. The second-order valence-corrected chi connectivity index (χ2v) is 11.1. The topological polar surface area (TPSA) is 89.2 Å². The van der Waals surface area contributed by atoms with Crippen molar-refractivity contribution in [1.82, 2.24) is 19.0 Å². The van der Waals surface area contributed by atoms with E-state index in [0.717, 1.165) is 53.8 Å². The van der Waals surface area contributed by atoms with Crippen molar-refractivity contribution in [3.05, 3.63) is 82.6 Å². The van der Waals surface area contributed by atoms with Crippen LogP contribution in [0.1, 0.15) is 35.0 Å². The minimum Gasteiger partial charge on any atom is -0.339 e. The smallest absolute Gasteiger partial charge is 0.268 e. The van der Waals surface area contributed by atoms with Gasteiger partial charge in [0.1, 0.15) is 0 Å². The average molecular weight is 514 g/mol. The van der Waals surface area contributed by atoms with Gasteiger partial charge in [-0.25, -0.2) is 4.98 Å². The Morgan fingerprint density at radius 2 is 1.97 bits per heavy atom. The van der Waals surface area contributed by atoms with Crippen LogP contribution in [0, 0.1) is 5.41 Å². The van der Waals surface area contributed by atoms with Crippen molar-refractivity contribution in [2.45, 2.75) is 25.3 Å². The third-order valence-corrected chi connectivity index (χ3v) is 8.78.